The van der Waals surface area contributed by atoms with Gasteiger partial charge in [-0.05, 0) is 38.1 Å². The number of ketones is 1. The van der Waals surface area contributed by atoms with Crippen molar-refractivity contribution >= 4 is 29.0 Å². The molecular formula is C22H23N3O3. The standard InChI is InChI=1S/C22H23N3O3/c1-4-22(2,3)25-17-12-8-6-10-15(17)20(27)24-18-13-19(26)14-9-5-7-11-16(14)23-21(18)28/h4-12,18,25H,1,13H2,2-3H3,(H,23,28)(H,24,27)/t18-/m0/s1. The summed E-state index contributed by atoms with van der Waals surface area (Å²) in [5, 5.41) is 8.67. The molecule has 6 nitrogen and oxygen atoms in total. The second-order valence-corrected chi connectivity index (χ2v) is 7.28. The van der Waals surface area contributed by atoms with Gasteiger partial charge in [-0.25, -0.2) is 0 Å². The van der Waals surface area contributed by atoms with Crippen LogP contribution in [0.2, 0.25) is 0 Å². The van der Waals surface area contributed by atoms with Crippen molar-refractivity contribution in [1.82, 2.24) is 5.32 Å². The average Bonchev–Trinajstić information content (AvgIpc) is 2.78. The van der Waals surface area contributed by atoms with Crippen molar-refractivity contribution in [2.45, 2.75) is 31.8 Å². The number of carbonyl (C=O) groups is 3. The van der Waals surface area contributed by atoms with Crippen LogP contribution < -0.4 is 16.0 Å². The van der Waals surface area contributed by atoms with Gasteiger partial charge in [-0.15, -0.1) is 6.58 Å². The quantitative estimate of drug-likeness (QED) is 0.697. The van der Waals surface area contributed by atoms with Crippen LogP contribution in [-0.2, 0) is 4.79 Å². The Bertz CT molecular complexity index is 950. The zero-order chi connectivity index (χ0) is 20.3. The Morgan fingerprint density at radius 2 is 1.82 bits per heavy atom. The number of Topliss-reactive ketones (excluding diaryl/α,β-unsaturated/α-hetero) is 1. The maximum Gasteiger partial charge on any atom is 0.254 e. The van der Waals surface area contributed by atoms with Gasteiger partial charge in [0.15, 0.2) is 5.78 Å². The van der Waals surface area contributed by atoms with Crippen molar-refractivity contribution in [2.75, 3.05) is 10.6 Å². The monoisotopic (exact) mass is 377 g/mol. The Morgan fingerprint density at radius 3 is 2.57 bits per heavy atom. The molecule has 1 aliphatic heterocycles. The van der Waals surface area contributed by atoms with Crippen molar-refractivity contribution in [2.24, 2.45) is 0 Å². The van der Waals surface area contributed by atoms with E-state index in [0.717, 1.165) is 0 Å². The number of para-hydroxylation sites is 2. The molecule has 144 valence electrons. The molecule has 1 atom stereocenters. The van der Waals surface area contributed by atoms with E-state index in [1.165, 1.54) is 0 Å². The highest BCUT2D eigenvalue weighted by atomic mass is 16.2. The van der Waals surface area contributed by atoms with E-state index in [1.807, 2.05) is 19.9 Å². The van der Waals surface area contributed by atoms with Crippen LogP contribution in [0, 0.1) is 0 Å². The van der Waals surface area contributed by atoms with Crippen molar-refractivity contribution in [3.05, 3.63) is 72.3 Å². The second-order valence-electron chi connectivity index (χ2n) is 7.28. The first-order valence-electron chi connectivity index (χ1n) is 9.05. The lowest BCUT2D eigenvalue weighted by Gasteiger charge is -2.25. The molecule has 0 radical (unpaired) electrons. The van der Waals surface area contributed by atoms with Crippen LogP contribution in [0.15, 0.2) is 61.2 Å². The highest BCUT2D eigenvalue weighted by molar-refractivity contribution is 6.12. The predicted octanol–water partition coefficient (Wildman–Crippen LogP) is 3.39. The molecule has 0 aromatic heterocycles. The van der Waals surface area contributed by atoms with Gasteiger partial charge < -0.3 is 16.0 Å². The number of carbonyl (C=O) groups excluding carboxylic acids is 3. The molecule has 0 fully saturated rings. The Kier molecular flexibility index (Phi) is 5.31. The van der Waals surface area contributed by atoms with E-state index in [1.54, 1.807) is 48.5 Å². The number of fused-ring (bicyclic) bond motifs is 1. The number of nitrogens with one attached hydrogen (secondary N) is 3. The fourth-order valence-electron chi connectivity index (χ4n) is 2.98. The van der Waals surface area contributed by atoms with E-state index in [-0.39, 0.29) is 12.2 Å². The zero-order valence-corrected chi connectivity index (χ0v) is 15.9. The third kappa shape index (κ3) is 4.11. The van der Waals surface area contributed by atoms with Crippen molar-refractivity contribution < 1.29 is 14.4 Å². The summed E-state index contributed by atoms with van der Waals surface area (Å²) in [7, 11) is 0. The molecule has 28 heavy (non-hydrogen) atoms. The average molecular weight is 377 g/mol. The van der Waals surface area contributed by atoms with Gasteiger partial charge in [0.05, 0.1) is 11.3 Å². The molecule has 0 spiro atoms. The van der Waals surface area contributed by atoms with Gasteiger partial charge in [-0.3, -0.25) is 14.4 Å². The van der Waals surface area contributed by atoms with Crippen LogP contribution in [0.5, 0.6) is 0 Å². The maximum atomic E-state index is 12.9. The van der Waals surface area contributed by atoms with E-state index in [2.05, 4.69) is 22.5 Å². The fraction of sp³-hybridized carbons (Fsp3) is 0.227. The van der Waals surface area contributed by atoms with Gasteiger partial charge in [-0.1, -0.05) is 30.3 Å². The summed E-state index contributed by atoms with van der Waals surface area (Å²) in [6.07, 6.45) is 1.65. The molecule has 0 saturated heterocycles. The van der Waals surface area contributed by atoms with E-state index in [9.17, 15) is 14.4 Å². The molecule has 2 aromatic rings. The van der Waals surface area contributed by atoms with Crippen molar-refractivity contribution in [3.63, 3.8) is 0 Å². The minimum atomic E-state index is -0.951. The molecule has 3 N–H and O–H groups in total. The molecule has 0 unspecified atom stereocenters. The number of anilines is 2. The zero-order valence-electron chi connectivity index (χ0n) is 15.9. The summed E-state index contributed by atoms with van der Waals surface area (Å²) in [4.78, 5) is 37.9. The van der Waals surface area contributed by atoms with Crippen molar-refractivity contribution in [1.29, 1.82) is 0 Å². The normalized spacial score (nSPS) is 16.4. The van der Waals surface area contributed by atoms with Crippen LogP contribution >= 0.6 is 0 Å². The van der Waals surface area contributed by atoms with Crippen LogP contribution in [0.4, 0.5) is 11.4 Å². The largest absolute Gasteiger partial charge is 0.376 e. The van der Waals surface area contributed by atoms with Gasteiger partial charge in [0.25, 0.3) is 5.91 Å². The molecule has 0 saturated carbocycles. The number of rotatable bonds is 5. The SMILES string of the molecule is C=CC(C)(C)Nc1ccccc1C(=O)N[C@H]1CC(=O)c2ccccc2NC1=O. The third-order valence-electron chi connectivity index (χ3n) is 4.64. The fourth-order valence-corrected chi connectivity index (χ4v) is 2.98. The molecule has 2 amide bonds. The first-order valence-corrected chi connectivity index (χ1v) is 9.05. The van der Waals surface area contributed by atoms with E-state index in [4.69, 9.17) is 0 Å². The Balaban J connectivity index is 1.81. The number of amides is 2. The predicted molar refractivity (Wildman–Crippen MR) is 110 cm³/mol. The molecule has 6 heteroatoms. The van der Waals surface area contributed by atoms with Crippen molar-refractivity contribution in [3.8, 4) is 0 Å². The molecule has 1 heterocycles. The third-order valence-corrected chi connectivity index (χ3v) is 4.64. The lowest BCUT2D eigenvalue weighted by molar-refractivity contribution is -0.117. The van der Waals surface area contributed by atoms with Gasteiger partial charge in [0, 0.05) is 23.2 Å². The Morgan fingerprint density at radius 1 is 1.14 bits per heavy atom. The Labute approximate surface area is 164 Å². The minimum Gasteiger partial charge on any atom is -0.376 e. The lowest BCUT2D eigenvalue weighted by atomic mass is 10.0. The minimum absolute atomic E-state index is 0.0949. The smallest absolute Gasteiger partial charge is 0.254 e. The van der Waals surface area contributed by atoms with Gasteiger partial charge in [0.2, 0.25) is 5.91 Å². The highest BCUT2D eigenvalue weighted by Gasteiger charge is 2.30. The maximum absolute atomic E-state index is 12.9. The molecule has 3 rings (SSSR count). The van der Waals surface area contributed by atoms with E-state index < -0.39 is 23.4 Å². The van der Waals surface area contributed by atoms with Crippen LogP contribution in [0.25, 0.3) is 0 Å². The molecule has 0 aliphatic carbocycles. The molecule has 2 aromatic carbocycles. The summed E-state index contributed by atoms with van der Waals surface area (Å²) in [6, 6.07) is 12.9. The van der Waals surface area contributed by atoms with Crippen LogP contribution in [0.3, 0.4) is 0 Å². The van der Waals surface area contributed by atoms with Crippen LogP contribution in [-0.4, -0.2) is 29.2 Å². The molecular weight excluding hydrogens is 354 g/mol. The summed E-state index contributed by atoms with van der Waals surface area (Å²) in [6.45, 7) is 7.66. The summed E-state index contributed by atoms with van der Waals surface area (Å²) in [5.74, 6) is -1.04. The summed E-state index contributed by atoms with van der Waals surface area (Å²) < 4.78 is 0. The number of hydrogen-bond acceptors (Lipinski definition) is 4. The number of benzene rings is 2. The highest BCUT2D eigenvalue weighted by Crippen LogP contribution is 2.23. The number of hydrogen-bond donors (Lipinski definition) is 3. The van der Waals surface area contributed by atoms with E-state index in [0.29, 0.717) is 22.5 Å². The first-order chi connectivity index (χ1) is 13.3. The topological polar surface area (TPSA) is 87.3 Å². The summed E-state index contributed by atoms with van der Waals surface area (Å²) in [5.41, 5.74) is 1.49. The van der Waals surface area contributed by atoms with E-state index >= 15 is 0 Å². The molecule has 0 bridgehead atoms. The van der Waals surface area contributed by atoms with Gasteiger partial charge in [-0.2, -0.15) is 0 Å². The second kappa shape index (κ2) is 7.68. The lowest BCUT2D eigenvalue weighted by Crippen LogP contribution is -2.44. The summed E-state index contributed by atoms with van der Waals surface area (Å²) >= 11 is 0. The first kappa shape index (κ1) is 19.4. The van der Waals surface area contributed by atoms with Crippen LogP contribution in [0.1, 0.15) is 41.0 Å². The van der Waals surface area contributed by atoms with Gasteiger partial charge in [0.1, 0.15) is 6.04 Å². The Hall–Kier alpha value is -3.41. The van der Waals surface area contributed by atoms with Gasteiger partial charge >= 0.3 is 0 Å². The molecule has 1 aliphatic rings.